The molecule has 0 aromatic rings. The molecular weight excluding hydrogens is 144 g/mol. The number of hydrogen-bond acceptors (Lipinski definition) is 0. The Morgan fingerprint density at radius 2 is 1.08 bits per heavy atom. The van der Waals surface area contributed by atoms with E-state index < -0.39 is 0 Å². The van der Waals surface area contributed by atoms with Crippen molar-refractivity contribution in [2.24, 2.45) is 0 Å². The van der Waals surface area contributed by atoms with Crippen LogP contribution in [0.5, 0.6) is 0 Å². The molecule has 0 spiro atoms. The summed E-state index contributed by atoms with van der Waals surface area (Å²) in [5.74, 6) is 0. The van der Waals surface area contributed by atoms with Crippen LogP contribution in [0.2, 0.25) is 0 Å². The molecule has 2 rings (SSSR count). The van der Waals surface area contributed by atoms with E-state index in [1.807, 2.05) is 0 Å². The molecule has 0 unspecified atom stereocenters. The monoisotopic (exact) mass is 160 g/mol. The van der Waals surface area contributed by atoms with Crippen LogP contribution in [0.4, 0.5) is 0 Å². The van der Waals surface area contributed by atoms with E-state index in [-0.39, 0.29) is 0 Å². The van der Waals surface area contributed by atoms with Crippen LogP contribution in [0.3, 0.4) is 0 Å². The zero-order valence-corrected chi connectivity index (χ0v) is 7.45. The fourth-order valence-corrected chi connectivity index (χ4v) is 1.10. The van der Waals surface area contributed by atoms with Crippen molar-refractivity contribution < 1.29 is 0 Å². The van der Waals surface area contributed by atoms with Crippen molar-refractivity contribution in [3.05, 3.63) is 48.6 Å². The zero-order chi connectivity index (χ0) is 8.49. The van der Waals surface area contributed by atoms with Crippen LogP contribution in [0.1, 0.15) is 25.7 Å². The smallest absolute Gasteiger partial charge is 0.0163 e. The third kappa shape index (κ3) is 4.73. The topological polar surface area (TPSA) is 0 Å². The molecule has 0 atom stereocenters. The van der Waals surface area contributed by atoms with Crippen molar-refractivity contribution >= 4 is 0 Å². The Kier molecular flexibility index (Phi) is 5.02. The van der Waals surface area contributed by atoms with Crippen molar-refractivity contribution in [3.8, 4) is 0 Å². The maximum absolute atomic E-state index is 2.21. The van der Waals surface area contributed by atoms with Gasteiger partial charge in [0.15, 0.2) is 0 Å². The molecular formula is C12H16. The van der Waals surface area contributed by atoms with E-state index in [1.165, 1.54) is 19.3 Å². The van der Waals surface area contributed by atoms with Crippen LogP contribution >= 0.6 is 0 Å². The first kappa shape index (κ1) is 9.05. The highest BCUT2D eigenvalue weighted by Crippen LogP contribution is 2.01. The average molecular weight is 160 g/mol. The van der Waals surface area contributed by atoms with Gasteiger partial charge in [-0.2, -0.15) is 0 Å². The molecule has 0 amide bonds. The Bertz CT molecular complexity index is 182. The van der Waals surface area contributed by atoms with Crippen LogP contribution < -0.4 is 0 Å². The molecule has 2 aliphatic carbocycles. The lowest BCUT2D eigenvalue weighted by molar-refractivity contribution is 0.876. The fraction of sp³-hybridized carbons (Fsp3) is 0.333. The van der Waals surface area contributed by atoms with Crippen LogP contribution in [-0.4, -0.2) is 0 Å². The maximum atomic E-state index is 2.21. The summed E-state index contributed by atoms with van der Waals surface area (Å²) >= 11 is 0. The van der Waals surface area contributed by atoms with Gasteiger partial charge in [-0.15, -0.1) is 0 Å². The molecule has 0 radical (unpaired) electrons. The van der Waals surface area contributed by atoms with Gasteiger partial charge in [-0.05, 0) is 25.7 Å². The van der Waals surface area contributed by atoms with Gasteiger partial charge in [0.2, 0.25) is 0 Å². The van der Waals surface area contributed by atoms with Crippen molar-refractivity contribution in [2.75, 3.05) is 0 Å². The Morgan fingerprint density at radius 1 is 0.583 bits per heavy atom. The minimum Gasteiger partial charge on any atom is -0.0845 e. The highest BCUT2D eigenvalue weighted by atomic mass is 13.9. The molecule has 0 aromatic heterocycles. The van der Waals surface area contributed by atoms with E-state index in [1.54, 1.807) is 0 Å². The maximum Gasteiger partial charge on any atom is -0.0163 e. The molecule has 64 valence electrons. The van der Waals surface area contributed by atoms with Crippen LogP contribution in [0, 0.1) is 0 Å². The number of rotatable bonds is 0. The summed E-state index contributed by atoms with van der Waals surface area (Å²) in [6, 6.07) is 0. The second-order valence-corrected chi connectivity index (χ2v) is 2.88. The first-order chi connectivity index (χ1) is 6.00. The van der Waals surface area contributed by atoms with Gasteiger partial charge in [0.05, 0.1) is 0 Å². The molecule has 0 aromatic carbocycles. The van der Waals surface area contributed by atoms with Gasteiger partial charge in [-0.25, -0.2) is 0 Å². The molecule has 0 heteroatoms. The highest BCUT2D eigenvalue weighted by Gasteiger charge is 1.81. The van der Waals surface area contributed by atoms with E-state index in [2.05, 4.69) is 48.6 Å². The minimum atomic E-state index is 1.14. The van der Waals surface area contributed by atoms with E-state index >= 15 is 0 Å². The summed E-state index contributed by atoms with van der Waals surface area (Å²) < 4.78 is 0. The first-order valence-electron chi connectivity index (χ1n) is 4.63. The largest absolute Gasteiger partial charge is 0.0845 e. The van der Waals surface area contributed by atoms with Gasteiger partial charge < -0.3 is 0 Å². The summed E-state index contributed by atoms with van der Waals surface area (Å²) in [7, 11) is 0. The van der Waals surface area contributed by atoms with E-state index in [4.69, 9.17) is 0 Å². The van der Waals surface area contributed by atoms with Crippen molar-refractivity contribution in [2.45, 2.75) is 25.7 Å². The van der Waals surface area contributed by atoms with Crippen molar-refractivity contribution in [1.82, 2.24) is 0 Å². The molecule has 0 N–H and O–H groups in total. The highest BCUT2D eigenvalue weighted by molar-refractivity contribution is 5.12. The van der Waals surface area contributed by atoms with Crippen molar-refractivity contribution in [3.63, 3.8) is 0 Å². The quantitative estimate of drug-likeness (QED) is 0.506. The van der Waals surface area contributed by atoms with Crippen LogP contribution in [0.15, 0.2) is 48.6 Å². The Hall–Kier alpha value is -1.04. The fourth-order valence-electron chi connectivity index (χ4n) is 1.10. The molecule has 12 heavy (non-hydrogen) atoms. The minimum absolute atomic E-state index is 1.14. The summed E-state index contributed by atoms with van der Waals surface area (Å²) in [5.41, 5.74) is 0. The number of allylic oxidation sites excluding steroid dienone is 8. The zero-order valence-electron chi connectivity index (χ0n) is 7.45. The summed E-state index contributed by atoms with van der Waals surface area (Å²) in [6.07, 6.45) is 22.0. The van der Waals surface area contributed by atoms with E-state index in [0.717, 1.165) is 6.42 Å². The molecule has 0 saturated heterocycles. The second kappa shape index (κ2) is 6.66. The van der Waals surface area contributed by atoms with E-state index in [0.29, 0.717) is 0 Å². The lowest BCUT2D eigenvalue weighted by atomic mass is 10.2. The van der Waals surface area contributed by atoms with Gasteiger partial charge >= 0.3 is 0 Å². The third-order valence-corrected chi connectivity index (χ3v) is 1.78. The molecule has 0 bridgehead atoms. The van der Waals surface area contributed by atoms with Crippen LogP contribution in [-0.2, 0) is 0 Å². The Balaban J connectivity index is 0.000000127. The van der Waals surface area contributed by atoms with Crippen LogP contribution in [0.25, 0.3) is 0 Å². The summed E-state index contributed by atoms with van der Waals surface area (Å²) in [4.78, 5) is 0. The van der Waals surface area contributed by atoms with Gasteiger partial charge in [0, 0.05) is 0 Å². The molecule has 0 fully saturated rings. The van der Waals surface area contributed by atoms with Gasteiger partial charge in [0.25, 0.3) is 0 Å². The second-order valence-electron chi connectivity index (χ2n) is 2.88. The van der Waals surface area contributed by atoms with Gasteiger partial charge in [0.1, 0.15) is 0 Å². The predicted molar refractivity (Wildman–Crippen MR) is 55.0 cm³/mol. The molecule has 2 aliphatic rings. The first-order valence-corrected chi connectivity index (χ1v) is 4.63. The number of hydrogen-bond donors (Lipinski definition) is 0. The molecule has 0 aliphatic heterocycles. The lowest BCUT2D eigenvalue weighted by Crippen LogP contribution is -1.62. The predicted octanol–water partition coefficient (Wildman–Crippen LogP) is 3.79. The average Bonchev–Trinajstić information content (AvgIpc) is 2.54. The Morgan fingerprint density at radius 3 is 1.50 bits per heavy atom. The molecule has 0 heterocycles. The van der Waals surface area contributed by atoms with Gasteiger partial charge in [-0.1, -0.05) is 48.6 Å². The third-order valence-electron chi connectivity index (χ3n) is 1.78. The molecule has 0 saturated carbocycles. The SMILES string of the molecule is C1=CCC=C1.C1=CCCCC=C1. The van der Waals surface area contributed by atoms with E-state index in [9.17, 15) is 0 Å². The van der Waals surface area contributed by atoms with Gasteiger partial charge in [-0.3, -0.25) is 0 Å². The standard InChI is InChI=1S/C7H10.C5H6/c1-2-4-6-7-5-3-1;1-2-4-5-3-1/h1-4H,5-7H2;1-4H,5H2. The summed E-state index contributed by atoms with van der Waals surface area (Å²) in [5, 5.41) is 0. The summed E-state index contributed by atoms with van der Waals surface area (Å²) in [6.45, 7) is 0. The molecule has 0 nitrogen and oxygen atoms in total. The normalized spacial score (nSPS) is 18.7. The Labute approximate surface area is 75.0 Å². The van der Waals surface area contributed by atoms with Crippen molar-refractivity contribution in [1.29, 1.82) is 0 Å². The lowest BCUT2D eigenvalue weighted by Gasteiger charge is -1.81.